The fourth-order valence-electron chi connectivity index (χ4n) is 3.19. The van der Waals surface area contributed by atoms with Crippen LogP contribution in [0.5, 0.6) is 5.75 Å². The van der Waals surface area contributed by atoms with Crippen molar-refractivity contribution < 1.29 is 4.74 Å². The van der Waals surface area contributed by atoms with Crippen molar-refractivity contribution in [2.75, 3.05) is 7.11 Å². The summed E-state index contributed by atoms with van der Waals surface area (Å²) in [5.41, 5.74) is 3.04. The molecule has 0 bridgehead atoms. The maximum Gasteiger partial charge on any atom is 0.123 e. The minimum Gasteiger partial charge on any atom is -0.496 e. The molecule has 0 amide bonds. The molecular weight excluding hydrogens is 246 g/mol. The Bertz CT molecular complexity index is 443. The topological polar surface area (TPSA) is 21.3 Å². The Hall–Kier alpha value is -1.02. The van der Waals surface area contributed by atoms with Crippen molar-refractivity contribution in [2.45, 2.75) is 65.5 Å². The first-order valence-electron chi connectivity index (χ1n) is 7.82. The number of rotatable bonds is 4. The molecule has 0 saturated heterocycles. The van der Waals surface area contributed by atoms with Gasteiger partial charge in [-0.25, -0.2) is 0 Å². The third kappa shape index (κ3) is 3.76. The van der Waals surface area contributed by atoms with E-state index in [1.807, 2.05) is 0 Å². The van der Waals surface area contributed by atoms with Gasteiger partial charge < -0.3 is 10.1 Å². The summed E-state index contributed by atoms with van der Waals surface area (Å²) in [6, 6.07) is 7.47. The van der Waals surface area contributed by atoms with Crippen molar-refractivity contribution in [3.8, 4) is 5.75 Å². The molecule has 1 fully saturated rings. The van der Waals surface area contributed by atoms with Crippen molar-refractivity contribution >= 4 is 0 Å². The van der Waals surface area contributed by atoms with Gasteiger partial charge in [-0.3, -0.25) is 0 Å². The van der Waals surface area contributed by atoms with Crippen LogP contribution in [0.15, 0.2) is 18.2 Å². The number of methoxy groups -OCH3 is 1. The molecule has 20 heavy (non-hydrogen) atoms. The highest BCUT2D eigenvalue weighted by molar-refractivity contribution is 5.39. The molecule has 0 aromatic heterocycles. The molecule has 1 aromatic rings. The predicted octanol–water partition coefficient (Wildman–Crippen LogP) is 4.62. The van der Waals surface area contributed by atoms with Crippen LogP contribution in [0.1, 0.15) is 63.6 Å². The summed E-state index contributed by atoms with van der Waals surface area (Å²) in [7, 11) is 1.76. The van der Waals surface area contributed by atoms with Gasteiger partial charge in [0, 0.05) is 17.6 Å². The summed E-state index contributed by atoms with van der Waals surface area (Å²) in [4.78, 5) is 0. The fourth-order valence-corrected chi connectivity index (χ4v) is 3.19. The van der Waals surface area contributed by atoms with Gasteiger partial charge in [-0.2, -0.15) is 0 Å². The number of aryl methyl sites for hydroxylation is 1. The van der Waals surface area contributed by atoms with Gasteiger partial charge in [-0.15, -0.1) is 0 Å². The lowest BCUT2D eigenvalue weighted by Crippen LogP contribution is -2.37. The second-order valence-corrected chi connectivity index (χ2v) is 7.07. The van der Waals surface area contributed by atoms with E-state index in [4.69, 9.17) is 4.74 Å². The first kappa shape index (κ1) is 15.4. The zero-order valence-electron chi connectivity index (χ0n) is 13.6. The highest BCUT2D eigenvalue weighted by atomic mass is 16.5. The van der Waals surface area contributed by atoms with Crippen LogP contribution < -0.4 is 10.1 Å². The van der Waals surface area contributed by atoms with Crippen LogP contribution in [0, 0.1) is 12.3 Å². The number of benzene rings is 1. The molecule has 112 valence electrons. The Morgan fingerprint density at radius 1 is 1.25 bits per heavy atom. The summed E-state index contributed by atoms with van der Waals surface area (Å²) in [6.07, 6.45) is 5.21. The molecule has 0 aliphatic heterocycles. The van der Waals surface area contributed by atoms with Gasteiger partial charge in [0.15, 0.2) is 0 Å². The molecule has 2 nitrogen and oxygen atoms in total. The van der Waals surface area contributed by atoms with E-state index in [0.717, 1.165) is 5.75 Å². The molecule has 1 N–H and O–H groups in total. The van der Waals surface area contributed by atoms with Gasteiger partial charge in [0.1, 0.15) is 5.75 Å². The van der Waals surface area contributed by atoms with Gasteiger partial charge in [-0.1, -0.05) is 26.0 Å². The quantitative estimate of drug-likeness (QED) is 0.865. The minimum atomic E-state index is 0.344. The Morgan fingerprint density at radius 3 is 2.50 bits per heavy atom. The van der Waals surface area contributed by atoms with E-state index in [1.165, 1.54) is 36.8 Å². The third-order valence-electron chi connectivity index (χ3n) is 4.68. The number of ether oxygens (including phenoxy) is 1. The van der Waals surface area contributed by atoms with E-state index in [9.17, 15) is 0 Å². The molecule has 0 spiro atoms. The molecule has 1 unspecified atom stereocenters. The van der Waals surface area contributed by atoms with E-state index in [0.29, 0.717) is 17.5 Å². The van der Waals surface area contributed by atoms with Crippen LogP contribution in [0.2, 0.25) is 0 Å². The minimum absolute atomic E-state index is 0.344. The van der Waals surface area contributed by atoms with Gasteiger partial charge >= 0.3 is 0 Å². The molecule has 0 heterocycles. The predicted molar refractivity (Wildman–Crippen MR) is 85.3 cm³/mol. The van der Waals surface area contributed by atoms with Crippen LogP contribution in [-0.4, -0.2) is 13.2 Å². The third-order valence-corrected chi connectivity index (χ3v) is 4.68. The molecule has 0 radical (unpaired) electrons. The fraction of sp³-hybridized carbons (Fsp3) is 0.667. The lowest BCUT2D eigenvalue weighted by atomic mass is 9.75. The van der Waals surface area contributed by atoms with Crippen molar-refractivity contribution in [3.63, 3.8) is 0 Å². The summed E-state index contributed by atoms with van der Waals surface area (Å²) < 4.78 is 5.53. The number of hydrogen-bond acceptors (Lipinski definition) is 2. The first-order valence-corrected chi connectivity index (χ1v) is 7.82. The zero-order chi connectivity index (χ0) is 14.8. The van der Waals surface area contributed by atoms with E-state index < -0.39 is 0 Å². The van der Waals surface area contributed by atoms with Crippen molar-refractivity contribution in [1.82, 2.24) is 5.32 Å². The molecule has 1 aliphatic rings. The first-order chi connectivity index (χ1) is 9.41. The van der Waals surface area contributed by atoms with E-state index >= 15 is 0 Å². The van der Waals surface area contributed by atoms with Crippen LogP contribution in [-0.2, 0) is 0 Å². The number of hydrogen-bond donors (Lipinski definition) is 1. The van der Waals surface area contributed by atoms with E-state index in [1.54, 1.807) is 7.11 Å². The van der Waals surface area contributed by atoms with E-state index in [2.05, 4.69) is 51.2 Å². The summed E-state index contributed by atoms with van der Waals surface area (Å²) in [6.45, 7) is 9.12. The Labute approximate surface area is 123 Å². The molecule has 1 aromatic carbocycles. The Balaban J connectivity index is 2.00. The average molecular weight is 275 g/mol. The monoisotopic (exact) mass is 275 g/mol. The van der Waals surface area contributed by atoms with Gasteiger partial charge in [0.05, 0.1) is 7.11 Å². The molecule has 1 atom stereocenters. The van der Waals surface area contributed by atoms with Crippen LogP contribution in [0.3, 0.4) is 0 Å². The Kier molecular flexibility index (Phi) is 4.74. The molecule has 2 heteroatoms. The molecule has 1 saturated carbocycles. The summed E-state index contributed by atoms with van der Waals surface area (Å²) in [5.74, 6) is 1.00. The average Bonchev–Trinajstić information content (AvgIpc) is 2.40. The standard InChI is InChI=1S/C18H29NO/c1-13-6-7-16(17(12-13)20-5)14(2)19-15-8-10-18(3,4)11-9-15/h6-7,12,14-15,19H,8-11H2,1-5H3. The van der Waals surface area contributed by atoms with Gasteiger partial charge in [0.25, 0.3) is 0 Å². The van der Waals surface area contributed by atoms with Crippen LogP contribution >= 0.6 is 0 Å². The molecule has 2 rings (SSSR count). The second kappa shape index (κ2) is 6.17. The maximum absolute atomic E-state index is 5.53. The lowest BCUT2D eigenvalue weighted by molar-refractivity contribution is 0.199. The second-order valence-electron chi connectivity index (χ2n) is 7.07. The van der Waals surface area contributed by atoms with Gasteiger partial charge in [0.2, 0.25) is 0 Å². The highest BCUT2D eigenvalue weighted by Crippen LogP contribution is 2.36. The zero-order valence-corrected chi connectivity index (χ0v) is 13.6. The molecular formula is C18H29NO. The smallest absolute Gasteiger partial charge is 0.123 e. The number of nitrogens with one attached hydrogen (secondary N) is 1. The van der Waals surface area contributed by atoms with Crippen LogP contribution in [0.4, 0.5) is 0 Å². The largest absolute Gasteiger partial charge is 0.496 e. The summed E-state index contributed by atoms with van der Waals surface area (Å²) >= 11 is 0. The SMILES string of the molecule is COc1cc(C)ccc1C(C)NC1CCC(C)(C)CC1. The van der Waals surface area contributed by atoms with Gasteiger partial charge in [-0.05, 0) is 56.6 Å². The van der Waals surface area contributed by atoms with Crippen molar-refractivity contribution in [1.29, 1.82) is 0 Å². The van der Waals surface area contributed by atoms with E-state index in [-0.39, 0.29) is 0 Å². The Morgan fingerprint density at radius 2 is 1.90 bits per heavy atom. The van der Waals surface area contributed by atoms with Crippen molar-refractivity contribution in [2.24, 2.45) is 5.41 Å². The van der Waals surface area contributed by atoms with Crippen LogP contribution in [0.25, 0.3) is 0 Å². The molecule has 1 aliphatic carbocycles. The normalized spacial score (nSPS) is 20.6. The summed E-state index contributed by atoms with van der Waals surface area (Å²) in [5, 5.41) is 3.79. The lowest BCUT2D eigenvalue weighted by Gasteiger charge is -2.36. The van der Waals surface area contributed by atoms with Crippen molar-refractivity contribution in [3.05, 3.63) is 29.3 Å². The highest BCUT2D eigenvalue weighted by Gasteiger charge is 2.27. The maximum atomic E-state index is 5.53.